The van der Waals surface area contributed by atoms with Crippen molar-refractivity contribution in [2.24, 2.45) is 0 Å². The van der Waals surface area contributed by atoms with E-state index in [0.29, 0.717) is 31.6 Å². The van der Waals surface area contributed by atoms with E-state index in [-0.39, 0.29) is 30.2 Å². The van der Waals surface area contributed by atoms with E-state index in [1.165, 1.54) is 22.7 Å². The van der Waals surface area contributed by atoms with Gasteiger partial charge in [-0.3, -0.25) is 9.10 Å². The number of hydrogen-bond acceptors (Lipinski definition) is 7. The number of esters is 1. The van der Waals surface area contributed by atoms with E-state index in [2.05, 4.69) is 0 Å². The van der Waals surface area contributed by atoms with Crippen molar-refractivity contribution in [3.8, 4) is 11.1 Å². The molecular weight excluding hydrogens is 559 g/mol. The SMILES string of the molecule is CC(C)c1nc2c(c(-c3ccc(F)cc3)c1/C=C/[C@@H]1C[C@H](CC(=O)OC(C)(C)C)OC(C)(C)O1)CCCN2S(C)(=O)=O. The van der Waals surface area contributed by atoms with E-state index in [1.807, 2.05) is 60.6 Å². The first-order chi connectivity index (χ1) is 19.4. The molecule has 0 saturated carbocycles. The van der Waals surface area contributed by atoms with Crippen LogP contribution in [0, 0.1) is 5.82 Å². The van der Waals surface area contributed by atoms with Gasteiger partial charge in [0.25, 0.3) is 0 Å². The molecule has 0 N–H and O–H groups in total. The minimum atomic E-state index is -3.55. The summed E-state index contributed by atoms with van der Waals surface area (Å²) in [5.74, 6) is -1.21. The largest absolute Gasteiger partial charge is 0.460 e. The average Bonchev–Trinajstić information content (AvgIpc) is 2.84. The number of anilines is 1. The van der Waals surface area contributed by atoms with Gasteiger partial charge in [-0.25, -0.2) is 17.8 Å². The number of benzene rings is 1. The van der Waals surface area contributed by atoms with Crippen molar-refractivity contribution in [3.63, 3.8) is 0 Å². The van der Waals surface area contributed by atoms with Gasteiger partial charge in [0, 0.05) is 24.1 Å². The summed E-state index contributed by atoms with van der Waals surface area (Å²) in [6, 6.07) is 6.26. The van der Waals surface area contributed by atoms with Crippen LogP contribution < -0.4 is 4.31 Å². The Labute approximate surface area is 249 Å². The average molecular weight is 603 g/mol. The zero-order chi connectivity index (χ0) is 31.0. The van der Waals surface area contributed by atoms with Crippen molar-refractivity contribution in [3.05, 3.63) is 53.0 Å². The van der Waals surface area contributed by atoms with Gasteiger partial charge in [0.05, 0.1) is 30.6 Å². The quantitative estimate of drug-likeness (QED) is 0.340. The van der Waals surface area contributed by atoms with Crippen molar-refractivity contribution in [2.45, 2.75) is 104 Å². The minimum absolute atomic E-state index is 0.0375. The fourth-order valence-electron chi connectivity index (χ4n) is 5.64. The van der Waals surface area contributed by atoms with Crippen molar-refractivity contribution in [1.29, 1.82) is 0 Å². The predicted molar refractivity (Wildman–Crippen MR) is 162 cm³/mol. The Bertz CT molecular complexity index is 1440. The molecule has 0 unspecified atom stereocenters. The Morgan fingerprint density at radius 2 is 1.88 bits per heavy atom. The number of ether oxygens (including phenoxy) is 3. The van der Waals surface area contributed by atoms with Crippen LogP contribution in [0.25, 0.3) is 17.2 Å². The van der Waals surface area contributed by atoms with Crippen molar-refractivity contribution < 1.29 is 31.8 Å². The maximum absolute atomic E-state index is 14.0. The van der Waals surface area contributed by atoms with Gasteiger partial charge in [-0.1, -0.05) is 38.1 Å². The third kappa shape index (κ3) is 7.76. The molecule has 0 radical (unpaired) electrons. The van der Waals surface area contributed by atoms with Crippen LogP contribution in [0.4, 0.5) is 10.2 Å². The highest BCUT2D eigenvalue weighted by Crippen LogP contribution is 2.42. The number of pyridine rings is 1. The van der Waals surface area contributed by atoms with E-state index < -0.39 is 27.5 Å². The highest BCUT2D eigenvalue weighted by Gasteiger charge is 2.37. The maximum atomic E-state index is 14.0. The Morgan fingerprint density at radius 3 is 2.48 bits per heavy atom. The first-order valence-electron chi connectivity index (χ1n) is 14.5. The lowest BCUT2D eigenvalue weighted by atomic mass is 9.87. The highest BCUT2D eigenvalue weighted by molar-refractivity contribution is 7.92. The number of nitrogens with zero attached hydrogens (tertiary/aromatic N) is 2. The number of carbonyl (C=O) groups is 1. The number of hydrogen-bond donors (Lipinski definition) is 0. The molecule has 0 amide bonds. The van der Waals surface area contributed by atoms with Gasteiger partial charge in [-0.2, -0.15) is 0 Å². The summed E-state index contributed by atoms with van der Waals surface area (Å²) in [5.41, 5.74) is 3.41. The lowest BCUT2D eigenvalue weighted by Gasteiger charge is -2.40. The molecule has 2 aliphatic rings. The molecule has 2 aliphatic heterocycles. The molecule has 0 bridgehead atoms. The molecule has 1 aromatic heterocycles. The second kappa shape index (κ2) is 12.1. The number of sulfonamides is 1. The monoisotopic (exact) mass is 602 g/mol. The normalized spacial score (nSPS) is 21.0. The van der Waals surface area contributed by atoms with Gasteiger partial charge < -0.3 is 14.2 Å². The zero-order valence-electron chi connectivity index (χ0n) is 25.9. The van der Waals surface area contributed by atoms with E-state index in [9.17, 15) is 17.6 Å². The lowest BCUT2D eigenvalue weighted by Crippen LogP contribution is -2.45. The first kappa shape index (κ1) is 32.1. The second-order valence-corrected chi connectivity index (χ2v) is 14.8. The van der Waals surface area contributed by atoms with Gasteiger partial charge >= 0.3 is 5.97 Å². The van der Waals surface area contributed by atoms with E-state index >= 15 is 0 Å². The number of fused-ring (bicyclic) bond motifs is 1. The number of carbonyl (C=O) groups excluding carboxylic acids is 1. The van der Waals surface area contributed by atoms with E-state index in [4.69, 9.17) is 19.2 Å². The third-order valence-electron chi connectivity index (χ3n) is 7.12. The van der Waals surface area contributed by atoms with Gasteiger partial charge in [-0.15, -0.1) is 0 Å². The molecule has 0 aliphatic carbocycles. The van der Waals surface area contributed by atoms with E-state index in [1.54, 1.807) is 12.1 Å². The van der Waals surface area contributed by atoms with E-state index in [0.717, 1.165) is 27.9 Å². The van der Waals surface area contributed by atoms with Crippen LogP contribution in [0.2, 0.25) is 0 Å². The van der Waals surface area contributed by atoms with Crippen molar-refractivity contribution in [1.82, 2.24) is 4.98 Å². The highest BCUT2D eigenvalue weighted by atomic mass is 32.2. The molecular formula is C32H43FN2O6S. The maximum Gasteiger partial charge on any atom is 0.308 e. The summed E-state index contributed by atoms with van der Waals surface area (Å²) >= 11 is 0. The van der Waals surface area contributed by atoms with Gasteiger partial charge in [-0.05, 0) is 76.6 Å². The van der Waals surface area contributed by atoms with Crippen LogP contribution in [-0.4, -0.2) is 55.8 Å². The van der Waals surface area contributed by atoms with Crippen LogP contribution in [0.3, 0.4) is 0 Å². The summed E-state index contributed by atoms with van der Waals surface area (Å²) < 4.78 is 58.6. The Balaban J connectivity index is 1.79. The zero-order valence-corrected chi connectivity index (χ0v) is 26.7. The third-order valence-corrected chi connectivity index (χ3v) is 8.28. The Morgan fingerprint density at radius 1 is 1.21 bits per heavy atom. The summed E-state index contributed by atoms with van der Waals surface area (Å²) in [4.78, 5) is 17.5. The summed E-state index contributed by atoms with van der Waals surface area (Å²) in [5, 5.41) is 0. The van der Waals surface area contributed by atoms with Gasteiger partial charge in [0.2, 0.25) is 10.0 Å². The molecule has 42 heavy (non-hydrogen) atoms. The molecule has 230 valence electrons. The number of halogens is 1. The topological polar surface area (TPSA) is 95.0 Å². The smallest absolute Gasteiger partial charge is 0.308 e. The molecule has 0 spiro atoms. The van der Waals surface area contributed by atoms with Crippen molar-refractivity contribution >= 4 is 27.9 Å². The van der Waals surface area contributed by atoms with Crippen LogP contribution >= 0.6 is 0 Å². The number of rotatable bonds is 7. The van der Waals surface area contributed by atoms with Crippen LogP contribution in [0.1, 0.15) is 90.5 Å². The molecule has 3 heterocycles. The second-order valence-electron chi connectivity index (χ2n) is 12.9. The van der Waals surface area contributed by atoms with Crippen molar-refractivity contribution in [2.75, 3.05) is 17.1 Å². The fourth-order valence-corrected chi connectivity index (χ4v) is 6.56. The molecule has 2 atom stereocenters. The predicted octanol–water partition coefficient (Wildman–Crippen LogP) is 6.38. The lowest BCUT2D eigenvalue weighted by molar-refractivity contribution is -0.290. The van der Waals surface area contributed by atoms with Crippen LogP contribution in [-0.2, 0) is 35.4 Å². The Kier molecular flexibility index (Phi) is 9.21. The number of aromatic nitrogens is 1. The molecule has 4 rings (SSSR count). The first-order valence-corrected chi connectivity index (χ1v) is 16.3. The molecule has 1 fully saturated rings. The summed E-state index contributed by atoms with van der Waals surface area (Å²) in [6.07, 6.45) is 6.18. The molecule has 8 nitrogen and oxygen atoms in total. The molecule has 1 saturated heterocycles. The summed E-state index contributed by atoms with van der Waals surface area (Å²) in [7, 11) is -3.55. The van der Waals surface area contributed by atoms with Crippen LogP contribution in [0.5, 0.6) is 0 Å². The standard InChI is InChI=1S/C32H43FN2O6S/c1-20(2)29-25(16-15-23-18-24(40-32(6,7)39-23)19-27(36)41-31(3,4)5)28(21-11-13-22(33)14-12-21)26-10-9-17-35(30(26)34-29)42(8,37)38/h11-16,20,23-24H,9-10,17-19H2,1-8H3/b16-15+/t23-,24-/m1/s1. The summed E-state index contributed by atoms with van der Waals surface area (Å²) in [6.45, 7) is 13.5. The minimum Gasteiger partial charge on any atom is -0.460 e. The molecule has 10 heteroatoms. The fraction of sp³-hybridized carbons (Fsp3) is 0.562. The van der Waals surface area contributed by atoms with Gasteiger partial charge in [0.15, 0.2) is 5.79 Å². The Hall–Kier alpha value is -2.82. The molecule has 1 aromatic carbocycles. The van der Waals surface area contributed by atoms with Gasteiger partial charge in [0.1, 0.15) is 17.2 Å². The molecule has 2 aromatic rings. The van der Waals surface area contributed by atoms with Crippen LogP contribution in [0.15, 0.2) is 30.3 Å².